The van der Waals surface area contributed by atoms with Crippen molar-refractivity contribution >= 4 is 26.3 Å². The predicted octanol–water partition coefficient (Wildman–Crippen LogP) is 1.69. The van der Waals surface area contributed by atoms with E-state index in [-0.39, 0.29) is 5.75 Å². The zero-order chi connectivity index (χ0) is 10.6. The van der Waals surface area contributed by atoms with Gasteiger partial charge in [-0.1, -0.05) is 18.2 Å². The lowest BCUT2D eigenvalue weighted by molar-refractivity contribution is -0.0904. The Labute approximate surface area is 85.3 Å². The summed E-state index contributed by atoms with van der Waals surface area (Å²) in [4.78, 5) is 14.6. The first kappa shape index (κ1) is 11.0. The smallest absolute Gasteiger partial charge is 0.321 e. The maximum absolute atomic E-state index is 10.7. The van der Waals surface area contributed by atoms with E-state index in [1.165, 1.54) is 12.1 Å². The molecule has 0 aliphatic rings. The van der Waals surface area contributed by atoms with Crippen LogP contribution in [0.2, 0.25) is 0 Å². The summed E-state index contributed by atoms with van der Waals surface area (Å²) in [5.41, 5.74) is 0. The van der Waals surface area contributed by atoms with E-state index in [1.807, 2.05) is 0 Å². The molecule has 0 amide bonds. The lowest BCUT2D eigenvalue weighted by Crippen LogP contribution is -2.13. The molecular formula is C7H5ClO5S. The van der Waals surface area contributed by atoms with Gasteiger partial charge in [-0.05, 0) is 28.1 Å². The topological polar surface area (TPSA) is 69.7 Å². The molecule has 0 radical (unpaired) electrons. The molecule has 0 aliphatic carbocycles. The highest BCUT2D eigenvalue weighted by Crippen LogP contribution is 2.11. The number of para-hydroxylation sites is 1. The average molecular weight is 237 g/mol. The van der Waals surface area contributed by atoms with Crippen molar-refractivity contribution in [1.29, 1.82) is 0 Å². The number of benzene rings is 1. The number of carbonyl (C=O) groups is 1. The summed E-state index contributed by atoms with van der Waals surface area (Å²) in [7, 11) is -4.49. The average Bonchev–Trinajstić information content (AvgIpc) is 2.16. The molecule has 0 aliphatic heterocycles. The molecule has 14 heavy (non-hydrogen) atoms. The third-order valence-corrected chi connectivity index (χ3v) is 2.37. The van der Waals surface area contributed by atoms with E-state index >= 15 is 0 Å². The van der Waals surface area contributed by atoms with Gasteiger partial charge in [0.1, 0.15) is 0 Å². The van der Waals surface area contributed by atoms with E-state index in [2.05, 4.69) is 9.22 Å². The van der Waals surface area contributed by atoms with E-state index in [0.29, 0.717) is 0 Å². The molecule has 1 aromatic rings. The van der Waals surface area contributed by atoms with E-state index in [4.69, 9.17) is 11.6 Å². The van der Waals surface area contributed by atoms with Crippen molar-refractivity contribution in [2.45, 2.75) is 0 Å². The van der Waals surface area contributed by atoms with Crippen LogP contribution in [-0.4, -0.2) is 13.0 Å². The fourth-order valence-electron chi connectivity index (χ4n) is 0.587. The summed E-state index contributed by atoms with van der Waals surface area (Å²) in [6, 6.07) is 7.82. The van der Waals surface area contributed by atoms with Gasteiger partial charge in [-0.25, -0.2) is 0 Å². The highest BCUT2D eigenvalue weighted by molar-refractivity contribution is 8.05. The maximum atomic E-state index is 10.7. The SMILES string of the molecule is O=C(Cl)S(=O)(=O)OOc1ccccc1. The van der Waals surface area contributed by atoms with Crippen LogP contribution < -0.4 is 4.89 Å². The van der Waals surface area contributed by atoms with Gasteiger partial charge in [0, 0.05) is 0 Å². The monoisotopic (exact) mass is 236 g/mol. The molecule has 76 valence electrons. The van der Waals surface area contributed by atoms with E-state index in [0.717, 1.165) is 0 Å². The third kappa shape index (κ3) is 2.99. The second kappa shape index (κ2) is 4.41. The van der Waals surface area contributed by atoms with Crippen LogP contribution in [0, 0.1) is 0 Å². The molecule has 1 rings (SSSR count). The van der Waals surface area contributed by atoms with Crippen molar-refractivity contribution in [2.24, 2.45) is 0 Å². The van der Waals surface area contributed by atoms with Gasteiger partial charge in [0.05, 0.1) is 0 Å². The molecule has 0 fully saturated rings. The Bertz CT molecular complexity index is 413. The zero-order valence-electron chi connectivity index (χ0n) is 6.71. The number of hydrogen-bond acceptors (Lipinski definition) is 5. The number of carbonyl (C=O) groups excluding carboxylic acids is 1. The Morgan fingerprint density at radius 1 is 1.21 bits per heavy atom. The minimum absolute atomic E-state index is 0.147. The summed E-state index contributed by atoms with van der Waals surface area (Å²) in [5.74, 6) is 0.147. The lowest BCUT2D eigenvalue weighted by atomic mass is 10.3. The minimum Gasteiger partial charge on any atom is -0.321 e. The first-order chi connectivity index (χ1) is 6.52. The van der Waals surface area contributed by atoms with E-state index in [1.54, 1.807) is 18.2 Å². The standard InChI is InChI=1S/C7H5ClO5S/c8-7(9)14(10,11)13-12-6-4-2-1-3-5-6/h1-5H. The van der Waals surface area contributed by atoms with Crippen LogP contribution in [0.3, 0.4) is 0 Å². The maximum Gasteiger partial charge on any atom is 0.381 e. The summed E-state index contributed by atoms with van der Waals surface area (Å²) < 4.78 is 23.6. The summed E-state index contributed by atoms with van der Waals surface area (Å²) >= 11 is 4.70. The molecule has 5 nitrogen and oxygen atoms in total. The molecule has 0 atom stereocenters. The third-order valence-electron chi connectivity index (χ3n) is 1.16. The molecule has 0 aromatic heterocycles. The van der Waals surface area contributed by atoms with Crippen molar-refractivity contribution < 1.29 is 22.4 Å². The molecule has 0 saturated heterocycles. The quantitative estimate of drug-likeness (QED) is 0.454. The molecule has 0 unspecified atom stereocenters. The van der Waals surface area contributed by atoms with Crippen LogP contribution in [0.4, 0.5) is 4.79 Å². The van der Waals surface area contributed by atoms with Gasteiger partial charge in [0.15, 0.2) is 5.75 Å². The van der Waals surface area contributed by atoms with E-state index in [9.17, 15) is 13.2 Å². The first-order valence-corrected chi connectivity index (χ1v) is 5.16. The Balaban J connectivity index is 2.63. The highest BCUT2D eigenvalue weighted by atomic mass is 35.5. The van der Waals surface area contributed by atoms with Gasteiger partial charge < -0.3 is 4.89 Å². The van der Waals surface area contributed by atoms with Gasteiger partial charge in [-0.3, -0.25) is 4.79 Å². The largest absolute Gasteiger partial charge is 0.381 e. The highest BCUT2D eigenvalue weighted by Gasteiger charge is 2.22. The Hall–Kier alpha value is -1.11. The molecule has 0 spiro atoms. The van der Waals surface area contributed by atoms with Crippen LogP contribution in [0.5, 0.6) is 5.75 Å². The van der Waals surface area contributed by atoms with Gasteiger partial charge in [0.25, 0.3) is 0 Å². The van der Waals surface area contributed by atoms with Gasteiger partial charge in [-0.2, -0.15) is 8.42 Å². The molecule has 0 saturated carbocycles. The van der Waals surface area contributed by atoms with Crippen LogP contribution in [0.1, 0.15) is 0 Å². The van der Waals surface area contributed by atoms with Crippen molar-refractivity contribution in [3.63, 3.8) is 0 Å². The Kier molecular flexibility index (Phi) is 3.45. The molecule has 1 aromatic carbocycles. The Morgan fingerprint density at radius 2 is 1.79 bits per heavy atom. The van der Waals surface area contributed by atoms with Crippen LogP contribution in [0.25, 0.3) is 0 Å². The second-order valence-electron chi connectivity index (χ2n) is 2.16. The van der Waals surface area contributed by atoms with Crippen molar-refractivity contribution in [3.05, 3.63) is 30.3 Å². The fourth-order valence-corrected chi connectivity index (χ4v) is 0.886. The van der Waals surface area contributed by atoms with Gasteiger partial charge in [0.2, 0.25) is 0 Å². The van der Waals surface area contributed by atoms with Crippen molar-refractivity contribution in [2.75, 3.05) is 0 Å². The second-order valence-corrected chi connectivity index (χ2v) is 4.14. The molecule has 0 bridgehead atoms. The Morgan fingerprint density at radius 3 is 2.29 bits per heavy atom. The van der Waals surface area contributed by atoms with Crippen LogP contribution in [-0.2, 0) is 14.5 Å². The summed E-state index contributed by atoms with van der Waals surface area (Å²) in [6.07, 6.45) is 0. The first-order valence-electron chi connectivity index (χ1n) is 3.38. The van der Waals surface area contributed by atoms with Crippen molar-refractivity contribution in [1.82, 2.24) is 0 Å². The number of hydrogen-bond donors (Lipinski definition) is 0. The predicted molar refractivity (Wildman–Crippen MR) is 48.3 cm³/mol. The molecular weight excluding hydrogens is 232 g/mol. The van der Waals surface area contributed by atoms with Crippen LogP contribution in [0.15, 0.2) is 30.3 Å². The van der Waals surface area contributed by atoms with Crippen LogP contribution >= 0.6 is 11.6 Å². The lowest BCUT2D eigenvalue weighted by Gasteiger charge is -2.00. The van der Waals surface area contributed by atoms with Gasteiger partial charge >= 0.3 is 14.7 Å². The normalized spacial score (nSPS) is 10.9. The minimum atomic E-state index is -4.49. The van der Waals surface area contributed by atoms with Crippen molar-refractivity contribution in [3.8, 4) is 5.75 Å². The molecule has 0 N–H and O–H groups in total. The number of halogens is 1. The summed E-state index contributed by atoms with van der Waals surface area (Å²) in [6.45, 7) is 0. The van der Waals surface area contributed by atoms with E-state index < -0.39 is 14.7 Å². The zero-order valence-corrected chi connectivity index (χ0v) is 8.29. The number of rotatable bonds is 3. The summed E-state index contributed by atoms with van der Waals surface area (Å²) in [5, 5.41) is 0. The fraction of sp³-hybridized carbons (Fsp3) is 0. The molecule has 7 heteroatoms. The van der Waals surface area contributed by atoms with Gasteiger partial charge in [-0.15, -0.1) is 0 Å². The molecule has 0 heterocycles.